The standard InChI is InChI=1S/C26H27F3O5/c1-2-3-4-5-6-20(24(30)31)16-21(25(32)33)15-18-9-13-23(14-10-18)34-17-19-7-11-22(12-8-19)26(27,28)29/h7-16H,2-6,17H2,1H3,(H,30,31)(H,32,33). The van der Waals surface area contributed by atoms with Gasteiger partial charge in [-0.05, 0) is 60.4 Å². The monoisotopic (exact) mass is 476 g/mol. The van der Waals surface area contributed by atoms with Gasteiger partial charge in [-0.25, -0.2) is 9.59 Å². The molecule has 34 heavy (non-hydrogen) atoms. The molecule has 0 aliphatic carbocycles. The van der Waals surface area contributed by atoms with Crippen LogP contribution in [0.15, 0.2) is 65.8 Å². The van der Waals surface area contributed by atoms with Crippen LogP contribution in [-0.4, -0.2) is 22.2 Å². The van der Waals surface area contributed by atoms with Crippen molar-refractivity contribution in [3.05, 3.63) is 82.4 Å². The van der Waals surface area contributed by atoms with Crippen LogP contribution in [0.4, 0.5) is 13.2 Å². The van der Waals surface area contributed by atoms with E-state index in [1.165, 1.54) is 24.3 Å². The van der Waals surface area contributed by atoms with E-state index in [1.54, 1.807) is 24.3 Å². The molecule has 2 rings (SSSR count). The summed E-state index contributed by atoms with van der Waals surface area (Å²) < 4.78 is 43.5. The van der Waals surface area contributed by atoms with E-state index >= 15 is 0 Å². The van der Waals surface area contributed by atoms with Crippen molar-refractivity contribution >= 4 is 18.0 Å². The fourth-order valence-corrected chi connectivity index (χ4v) is 3.13. The summed E-state index contributed by atoms with van der Waals surface area (Å²) >= 11 is 0. The van der Waals surface area contributed by atoms with Gasteiger partial charge in [-0.3, -0.25) is 0 Å². The van der Waals surface area contributed by atoms with Crippen molar-refractivity contribution < 1.29 is 37.7 Å². The number of unbranched alkanes of at least 4 members (excludes halogenated alkanes) is 3. The summed E-state index contributed by atoms with van der Waals surface area (Å²) in [7, 11) is 0. The number of alkyl halides is 3. The van der Waals surface area contributed by atoms with E-state index in [0.717, 1.165) is 31.4 Å². The number of benzene rings is 2. The van der Waals surface area contributed by atoms with Gasteiger partial charge in [0.05, 0.1) is 11.1 Å². The van der Waals surface area contributed by atoms with E-state index in [0.29, 0.717) is 23.3 Å². The molecular formula is C26H27F3O5. The van der Waals surface area contributed by atoms with E-state index in [1.807, 2.05) is 6.92 Å². The SMILES string of the molecule is CCCCCCC(=CC(=Cc1ccc(OCc2ccc(C(F)(F)F)cc2)cc1)C(=O)O)C(=O)O. The highest BCUT2D eigenvalue weighted by Crippen LogP contribution is 2.29. The van der Waals surface area contributed by atoms with E-state index in [4.69, 9.17) is 4.74 Å². The normalized spacial score (nSPS) is 12.5. The molecule has 0 atom stereocenters. The van der Waals surface area contributed by atoms with Crippen molar-refractivity contribution in [3.63, 3.8) is 0 Å². The molecule has 182 valence electrons. The van der Waals surface area contributed by atoms with E-state index in [9.17, 15) is 33.0 Å². The van der Waals surface area contributed by atoms with Crippen LogP contribution in [0.25, 0.3) is 6.08 Å². The Morgan fingerprint density at radius 3 is 2.09 bits per heavy atom. The number of aliphatic carboxylic acids is 2. The molecule has 0 spiro atoms. The molecular weight excluding hydrogens is 449 g/mol. The van der Waals surface area contributed by atoms with Crippen LogP contribution < -0.4 is 4.74 Å². The van der Waals surface area contributed by atoms with Crippen molar-refractivity contribution in [2.45, 2.75) is 51.8 Å². The number of hydrogen-bond donors (Lipinski definition) is 2. The fraction of sp³-hybridized carbons (Fsp3) is 0.308. The fourth-order valence-electron chi connectivity index (χ4n) is 3.13. The van der Waals surface area contributed by atoms with E-state index in [-0.39, 0.29) is 24.2 Å². The summed E-state index contributed by atoms with van der Waals surface area (Å²) in [5.74, 6) is -1.93. The molecule has 0 heterocycles. The number of carboxylic acid groups (broad SMARTS) is 2. The first-order valence-corrected chi connectivity index (χ1v) is 10.9. The van der Waals surface area contributed by atoms with Crippen LogP contribution in [0.5, 0.6) is 5.75 Å². The van der Waals surface area contributed by atoms with Gasteiger partial charge in [-0.2, -0.15) is 13.2 Å². The highest BCUT2D eigenvalue weighted by atomic mass is 19.4. The maximum atomic E-state index is 12.6. The van der Waals surface area contributed by atoms with Gasteiger partial charge in [-0.15, -0.1) is 0 Å². The van der Waals surface area contributed by atoms with Crippen LogP contribution in [-0.2, 0) is 22.4 Å². The quantitative estimate of drug-likeness (QED) is 0.202. The van der Waals surface area contributed by atoms with E-state index in [2.05, 4.69) is 0 Å². The third-order valence-corrected chi connectivity index (χ3v) is 5.04. The zero-order valence-corrected chi connectivity index (χ0v) is 18.8. The second-order valence-electron chi connectivity index (χ2n) is 7.74. The summed E-state index contributed by atoms with van der Waals surface area (Å²) in [6, 6.07) is 11.1. The van der Waals surface area contributed by atoms with Crippen LogP contribution >= 0.6 is 0 Å². The van der Waals surface area contributed by atoms with Gasteiger partial charge in [0.1, 0.15) is 12.4 Å². The lowest BCUT2D eigenvalue weighted by Crippen LogP contribution is -2.05. The molecule has 0 aliphatic rings. The molecule has 5 nitrogen and oxygen atoms in total. The van der Waals surface area contributed by atoms with Gasteiger partial charge < -0.3 is 14.9 Å². The molecule has 0 amide bonds. The first-order chi connectivity index (χ1) is 16.1. The Kier molecular flexibility index (Phi) is 9.92. The number of ether oxygens (including phenoxy) is 1. The van der Waals surface area contributed by atoms with Gasteiger partial charge in [0.15, 0.2) is 0 Å². The Labute approximate surface area is 196 Å². The largest absolute Gasteiger partial charge is 0.489 e. The molecule has 0 bridgehead atoms. The van der Waals surface area contributed by atoms with Gasteiger partial charge in [0, 0.05) is 5.57 Å². The topological polar surface area (TPSA) is 83.8 Å². The van der Waals surface area contributed by atoms with Crippen molar-refractivity contribution in [2.24, 2.45) is 0 Å². The average Bonchev–Trinajstić information content (AvgIpc) is 2.79. The summed E-state index contributed by atoms with van der Waals surface area (Å²) in [6.45, 7) is 2.11. The van der Waals surface area contributed by atoms with Gasteiger partial charge in [0.2, 0.25) is 0 Å². The number of hydrogen-bond acceptors (Lipinski definition) is 3. The van der Waals surface area contributed by atoms with Crippen molar-refractivity contribution in [1.29, 1.82) is 0 Å². The molecule has 2 N–H and O–H groups in total. The highest BCUT2D eigenvalue weighted by molar-refractivity contribution is 5.98. The summed E-state index contributed by atoms with van der Waals surface area (Å²) in [5, 5.41) is 18.9. The molecule has 0 saturated carbocycles. The molecule has 0 unspecified atom stereocenters. The van der Waals surface area contributed by atoms with Crippen LogP contribution in [0.3, 0.4) is 0 Å². The maximum absolute atomic E-state index is 12.6. The number of carbonyl (C=O) groups is 2. The third-order valence-electron chi connectivity index (χ3n) is 5.04. The first-order valence-electron chi connectivity index (χ1n) is 10.9. The smallest absolute Gasteiger partial charge is 0.416 e. The zero-order chi connectivity index (χ0) is 25.1. The number of rotatable bonds is 12. The molecule has 0 saturated heterocycles. The molecule has 0 aliphatic heterocycles. The summed E-state index contributed by atoms with van der Waals surface area (Å²) in [5.41, 5.74) is 0.261. The van der Waals surface area contributed by atoms with Crippen LogP contribution in [0, 0.1) is 0 Å². The van der Waals surface area contributed by atoms with Crippen molar-refractivity contribution in [2.75, 3.05) is 0 Å². The highest BCUT2D eigenvalue weighted by Gasteiger charge is 2.29. The van der Waals surface area contributed by atoms with Gasteiger partial charge in [-0.1, -0.05) is 50.5 Å². The lowest BCUT2D eigenvalue weighted by Gasteiger charge is -2.09. The predicted octanol–water partition coefficient (Wildman–Crippen LogP) is 6.73. The molecule has 8 heteroatoms. The molecule has 0 radical (unpaired) electrons. The van der Waals surface area contributed by atoms with E-state index < -0.39 is 23.7 Å². The lowest BCUT2D eigenvalue weighted by atomic mass is 10.0. The number of carboxylic acids is 2. The molecule has 2 aromatic carbocycles. The third kappa shape index (κ3) is 8.77. The minimum Gasteiger partial charge on any atom is -0.489 e. The molecule has 0 fully saturated rings. The van der Waals surface area contributed by atoms with Crippen molar-refractivity contribution in [3.8, 4) is 5.75 Å². The molecule has 0 aromatic heterocycles. The summed E-state index contributed by atoms with van der Waals surface area (Å²) in [6.07, 6.45) is 2.00. The summed E-state index contributed by atoms with van der Waals surface area (Å²) in [4.78, 5) is 23.2. The Morgan fingerprint density at radius 2 is 1.56 bits per heavy atom. The maximum Gasteiger partial charge on any atom is 0.416 e. The second-order valence-corrected chi connectivity index (χ2v) is 7.74. The van der Waals surface area contributed by atoms with Crippen LogP contribution in [0.2, 0.25) is 0 Å². The molecule has 2 aromatic rings. The average molecular weight is 476 g/mol. The Bertz CT molecular complexity index is 1020. The Hall–Kier alpha value is -3.55. The lowest BCUT2D eigenvalue weighted by molar-refractivity contribution is -0.137. The zero-order valence-electron chi connectivity index (χ0n) is 18.8. The second kappa shape index (κ2) is 12.6. The number of halogens is 3. The van der Waals surface area contributed by atoms with Gasteiger partial charge >= 0.3 is 18.1 Å². The van der Waals surface area contributed by atoms with Crippen LogP contribution in [0.1, 0.15) is 55.7 Å². The minimum atomic E-state index is -4.40. The Balaban J connectivity index is 2.07. The predicted molar refractivity (Wildman–Crippen MR) is 122 cm³/mol. The first kappa shape index (κ1) is 26.7. The van der Waals surface area contributed by atoms with Gasteiger partial charge in [0.25, 0.3) is 0 Å². The Morgan fingerprint density at radius 1 is 0.912 bits per heavy atom. The minimum absolute atomic E-state index is 0.0428. The van der Waals surface area contributed by atoms with Crippen molar-refractivity contribution in [1.82, 2.24) is 0 Å².